The zero-order valence-electron chi connectivity index (χ0n) is 12.9. The van der Waals surface area contributed by atoms with Crippen LogP contribution in [0.5, 0.6) is 0 Å². The molecule has 0 aliphatic carbocycles. The number of nitrogens with zero attached hydrogens (tertiary/aromatic N) is 3. The van der Waals surface area contributed by atoms with E-state index in [2.05, 4.69) is 58.8 Å². The summed E-state index contributed by atoms with van der Waals surface area (Å²) < 4.78 is 1.88. The van der Waals surface area contributed by atoms with Crippen molar-refractivity contribution in [2.45, 2.75) is 32.0 Å². The van der Waals surface area contributed by atoms with E-state index in [1.54, 1.807) is 0 Å². The van der Waals surface area contributed by atoms with Crippen molar-refractivity contribution in [1.82, 2.24) is 20.0 Å². The molecular formula is C17H24N4. The molecule has 1 aliphatic heterocycles. The molecule has 21 heavy (non-hydrogen) atoms. The SMILES string of the molecule is CC1CCNC(c2ccccc2)CN1Cc1cnn(C)c1. The fourth-order valence-corrected chi connectivity index (χ4v) is 3.05. The van der Waals surface area contributed by atoms with Gasteiger partial charge in [-0.05, 0) is 25.5 Å². The molecule has 4 heteroatoms. The van der Waals surface area contributed by atoms with E-state index in [1.165, 1.54) is 17.5 Å². The molecule has 0 spiro atoms. The van der Waals surface area contributed by atoms with Gasteiger partial charge in [-0.3, -0.25) is 9.58 Å². The largest absolute Gasteiger partial charge is 0.309 e. The lowest BCUT2D eigenvalue weighted by Crippen LogP contribution is -2.35. The maximum Gasteiger partial charge on any atom is 0.0534 e. The van der Waals surface area contributed by atoms with Gasteiger partial charge < -0.3 is 5.32 Å². The van der Waals surface area contributed by atoms with Gasteiger partial charge in [0.2, 0.25) is 0 Å². The normalized spacial score (nSPS) is 23.9. The average Bonchev–Trinajstić information content (AvgIpc) is 2.81. The third-order valence-electron chi connectivity index (χ3n) is 4.34. The van der Waals surface area contributed by atoms with Crippen LogP contribution in [-0.2, 0) is 13.6 Å². The molecule has 0 amide bonds. The first kappa shape index (κ1) is 14.3. The van der Waals surface area contributed by atoms with Crippen molar-refractivity contribution in [2.24, 2.45) is 7.05 Å². The first-order chi connectivity index (χ1) is 10.2. The molecule has 1 saturated heterocycles. The van der Waals surface area contributed by atoms with Gasteiger partial charge in [0.1, 0.15) is 0 Å². The molecule has 1 aromatic heterocycles. The number of rotatable bonds is 3. The number of nitrogens with one attached hydrogen (secondary N) is 1. The van der Waals surface area contributed by atoms with Crippen LogP contribution in [0.3, 0.4) is 0 Å². The average molecular weight is 284 g/mol. The van der Waals surface area contributed by atoms with Crippen LogP contribution >= 0.6 is 0 Å². The Labute approximate surface area is 126 Å². The number of hydrogen-bond donors (Lipinski definition) is 1. The second-order valence-corrected chi connectivity index (χ2v) is 6.01. The van der Waals surface area contributed by atoms with Gasteiger partial charge in [-0.25, -0.2) is 0 Å². The van der Waals surface area contributed by atoms with E-state index in [9.17, 15) is 0 Å². The quantitative estimate of drug-likeness (QED) is 0.939. The van der Waals surface area contributed by atoms with Gasteiger partial charge >= 0.3 is 0 Å². The highest BCUT2D eigenvalue weighted by atomic mass is 15.3. The van der Waals surface area contributed by atoms with Crippen LogP contribution in [-0.4, -0.2) is 33.8 Å². The maximum absolute atomic E-state index is 4.28. The molecule has 1 N–H and O–H groups in total. The van der Waals surface area contributed by atoms with Crippen LogP contribution in [0.4, 0.5) is 0 Å². The predicted molar refractivity (Wildman–Crippen MR) is 84.9 cm³/mol. The summed E-state index contributed by atoms with van der Waals surface area (Å²) in [5.74, 6) is 0. The molecule has 112 valence electrons. The van der Waals surface area contributed by atoms with Gasteiger partial charge in [-0.2, -0.15) is 5.10 Å². The highest BCUT2D eigenvalue weighted by molar-refractivity contribution is 5.20. The van der Waals surface area contributed by atoms with Crippen molar-refractivity contribution in [2.75, 3.05) is 13.1 Å². The van der Waals surface area contributed by atoms with Crippen LogP contribution in [0.2, 0.25) is 0 Å². The molecule has 2 heterocycles. The summed E-state index contributed by atoms with van der Waals surface area (Å²) in [6, 6.07) is 11.8. The fourth-order valence-electron chi connectivity index (χ4n) is 3.05. The number of hydrogen-bond acceptors (Lipinski definition) is 3. The smallest absolute Gasteiger partial charge is 0.0534 e. The Morgan fingerprint density at radius 3 is 2.81 bits per heavy atom. The third kappa shape index (κ3) is 3.52. The highest BCUT2D eigenvalue weighted by Crippen LogP contribution is 2.21. The van der Waals surface area contributed by atoms with E-state index in [1.807, 2.05) is 17.9 Å². The summed E-state index contributed by atoms with van der Waals surface area (Å²) in [7, 11) is 1.98. The summed E-state index contributed by atoms with van der Waals surface area (Å²) in [4.78, 5) is 2.56. The summed E-state index contributed by atoms with van der Waals surface area (Å²) in [6.45, 7) is 5.41. The number of aryl methyl sites for hydroxylation is 1. The van der Waals surface area contributed by atoms with Gasteiger partial charge in [-0.1, -0.05) is 30.3 Å². The maximum atomic E-state index is 4.28. The minimum atomic E-state index is 0.410. The lowest BCUT2D eigenvalue weighted by molar-refractivity contribution is 0.196. The number of aromatic nitrogens is 2. The molecule has 0 radical (unpaired) electrons. The molecule has 0 bridgehead atoms. The zero-order chi connectivity index (χ0) is 14.7. The molecule has 0 saturated carbocycles. The fraction of sp³-hybridized carbons (Fsp3) is 0.471. The van der Waals surface area contributed by atoms with E-state index < -0.39 is 0 Å². The Kier molecular flexibility index (Phi) is 4.36. The molecule has 2 aromatic rings. The van der Waals surface area contributed by atoms with Crippen molar-refractivity contribution in [1.29, 1.82) is 0 Å². The van der Waals surface area contributed by atoms with Gasteiger partial charge in [-0.15, -0.1) is 0 Å². The van der Waals surface area contributed by atoms with Crippen LogP contribution in [0.1, 0.15) is 30.5 Å². The minimum absolute atomic E-state index is 0.410. The molecule has 4 nitrogen and oxygen atoms in total. The lowest BCUT2D eigenvalue weighted by Gasteiger charge is -2.28. The van der Waals surface area contributed by atoms with Crippen LogP contribution in [0, 0.1) is 0 Å². The minimum Gasteiger partial charge on any atom is -0.309 e. The Morgan fingerprint density at radius 1 is 1.29 bits per heavy atom. The van der Waals surface area contributed by atoms with E-state index in [0.717, 1.165) is 19.6 Å². The second-order valence-electron chi connectivity index (χ2n) is 6.01. The molecule has 2 unspecified atom stereocenters. The third-order valence-corrected chi connectivity index (χ3v) is 4.34. The second kappa shape index (κ2) is 6.41. The molecule has 1 aromatic carbocycles. The number of benzene rings is 1. The molecule has 3 rings (SSSR count). The summed E-state index contributed by atoms with van der Waals surface area (Å²) in [5, 5.41) is 7.97. The standard InChI is InChI=1S/C17H24N4/c1-14-8-9-18-17(16-6-4-3-5-7-16)13-21(14)12-15-10-19-20(2)11-15/h3-7,10-11,14,17-18H,8-9,12-13H2,1-2H3. The summed E-state index contributed by atoms with van der Waals surface area (Å²) in [5.41, 5.74) is 2.67. The van der Waals surface area contributed by atoms with Crippen LogP contribution in [0.15, 0.2) is 42.7 Å². The van der Waals surface area contributed by atoms with Crippen LogP contribution < -0.4 is 5.32 Å². The highest BCUT2D eigenvalue weighted by Gasteiger charge is 2.24. The van der Waals surface area contributed by atoms with Gasteiger partial charge in [0, 0.05) is 44.0 Å². The zero-order valence-corrected chi connectivity index (χ0v) is 12.9. The Balaban J connectivity index is 1.74. The van der Waals surface area contributed by atoms with E-state index >= 15 is 0 Å². The molecule has 2 atom stereocenters. The topological polar surface area (TPSA) is 33.1 Å². The van der Waals surface area contributed by atoms with Crippen molar-refractivity contribution in [3.63, 3.8) is 0 Å². The van der Waals surface area contributed by atoms with Crippen molar-refractivity contribution in [3.8, 4) is 0 Å². The van der Waals surface area contributed by atoms with E-state index in [4.69, 9.17) is 0 Å². The van der Waals surface area contributed by atoms with E-state index in [0.29, 0.717) is 12.1 Å². The summed E-state index contributed by atoms with van der Waals surface area (Å²) >= 11 is 0. The van der Waals surface area contributed by atoms with Crippen molar-refractivity contribution in [3.05, 3.63) is 53.9 Å². The Morgan fingerprint density at radius 2 is 2.10 bits per heavy atom. The molecular weight excluding hydrogens is 260 g/mol. The monoisotopic (exact) mass is 284 g/mol. The van der Waals surface area contributed by atoms with Crippen LogP contribution in [0.25, 0.3) is 0 Å². The van der Waals surface area contributed by atoms with Gasteiger partial charge in [0.05, 0.1) is 6.20 Å². The first-order valence-electron chi connectivity index (χ1n) is 7.72. The predicted octanol–water partition coefficient (Wildman–Crippen LogP) is 2.35. The summed E-state index contributed by atoms with van der Waals surface area (Å²) in [6.07, 6.45) is 5.27. The van der Waals surface area contributed by atoms with Gasteiger partial charge in [0.15, 0.2) is 0 Å². The van der Waals surface area contributed by atoms with Crippen molar-refractivity contribution < 1.29 is 0 Å². The Bertz CT molecular complexity index is 563. The lowest BCUT2D eigenvalue weighted by atomic mass is 10.1. The molecule has 1 fully saturated rings. The Hall–Kier alpha value is -1.65. The van der Waals surface area contributed by atoms with Gasteiger partial charge in [0.25, 0.3) is 0 Å². The molecule has 1 aliphatic rings. The first-order valence-corrected chi connectivity index (χ1v) is 7.72. The van der Waals surface area contributed by atoms with Crippen molar-refractivity contribution >= 4 is 0 Å². The van der Waals surface area contributed by atoms with E-state index in [-0.39, 0.29) is 0 Å².